The summed E-state index contributed by atoms with van der Waals surface area (Å²) in [6.07, 6.45) is 0. The maximum Gasteiger partial charge on any atom is 0.238 e. The lowest BCUT2D eigenvalue weighted by molar-refractivity contribution is -0.117. The quantitative estimate of drug-likeness (QED) is 0.865. The second-order valence-corrected chi connectivity index (χ2v) is 6.71. The SMILES string of the molecule is O=C(CN1CCN(Cc2c(F)cccc2Cl)CC1)Nc1ccc(F)cc1. The number of hydrogen-bond acceptors (Lipinski definition) is 3. The van der Waals surface area contributed by atoms with Crippen molar-refractivity contribution in [3.05, 3.63) is 64.7 Å². The van der Waals surface area contributed by atoms with Gasteiger partial charge in [0, 0.05) is 49.0 Å². The summed E-state index contributed by atoms with van der Waals surface area (Å²) in [5.41, 5.74) is 1.08. The van der Waals surface area contributed by atoms with Crippen LogP contribution in [0.1, 0.15) is 5.56 Å². The Morgan fingerprint density at radius 2 is 1.65 bits per heavy atom. The van der Waals surface area contributed by atoms with E-state index in [9.17, 15) is 13.6 Å². The molecule has 2 aromatic rings. The van der Waals surface area contributed by atoms with Crippen molar-refractivity contribution in [2.75, 3.05) is 38.0 Å². The summed E-state index contributed by atoms with van der Waals surface area (Å²) in [7, 11) is 0. The lowest BCUT2D eigenvalue weighted by Crippen LogP contribution is -2.48. The van der Waals surface area contributed by atoms with Gasteiger partial charge in [0.1, 0.15) is 11.6 Å². The highest BCUT2D eigenvalue weighted by molar-refractivity contribution is 6.31. The molecule has 1 fully saturated rings. The van der Waals surface area contributed by atoms with E-state index in [0.29, 0.717) is 35.9 Å². The molecule has 0 unspecified atom stereocenters. The summed E-state index contributed by atoms with van der Waals surface area (Å²) >= 11 is 6.08. The van der Waals surface area contributed by atoms with Gasteiger partial charge in [0.15, 0.2) is 0 Å². The molecule has 4 nitrogen and oxygen atoms in total. The van der Waals surface area contributed by atoms with Crippen molar-refractivity contribution in [1.82, 2.24) is 9.80 Å². The molecular formula is C19H20ClF2N3O. The standard InChI is InChI=1S/C19H20ClF2N3O/c20-17-2-1-3-18(22)16(17)12-24-8-10-25(11-9-24)13-19(26)23-15-6-4-14(21)5-7-15/h1-7H,8-13H2,(H,23,26). The number of benzene rings is 2. The Labute approximate surface area is 156 Å². The molecule has 1 aliphatic rings. The van der Waals surface area contributed by atoms with E-state index in [1.807, 2.05) is 4.90 Å². The lowest BCUT2D eigenvalue weighted by atomic mass is 10.2. The summed E-state index contributed by atoms with van der Waals surface area (Å²) < 4.78 is 26.8. The van der Waals surface area contributed by atoms with Crippen LogP contribution in [0.25, 0.3) is 0 Å². The number of carbonyl (C=O) groups excluding carboxylic acids is 1. The fourth-order valence-electron chi connectivity index (χ4n) is 2.95. The monoisotopic (exact) mass is 379 g/mol. The van der Waals surface area contributed by atoms with Crippen LogP contribution < -0.4 is 5.32 Å². The molecule has 1 heterocycles. The van der Waals surface area contributed by atoms with Crippen LogP contribution in [0.5, 0.6) is 0 Å². The smallest absolute Gasteiger partial charge is 0.238 e. The van der Waals surface area contributed by atoms with Gasteiger partial charge >= 0.3 is 0 Å². The Bertz CT molecular complexity index is 742. The van der Waals surface area contributed by atoms with Crippen LogP contribution in [-0.2, 0) is 11.3 Å². The molecule has 0 radical (unpaired) electrons. The zero-order valence-corrected chi connectivity index (χ0v) is 15.0. The normalized spacial score (nSPS) is 15.8. The van der Waals surface area contributed by atoms with Crippen LogP contribution in [-0.4, -0.2) is 48.4 Å². The fourth-order valence-corrected chi connectivity index (χ4v) is 3.17. The molecule has 0 spiro atoms. The number of rotatable bonds is 5. The highest BCUT2D eigenvalue weighted by Crippen LogP contribution is 2.21. The van der Waals surface area contributed by atoms with Gasteiger partial charge in [0.25, 0.3) is 0 Å². The first-order valence-electron chi connectivity index (χ1n) is 8.44. The molecule has 2 aromatic carbocycles. The average molecular weight is 380 g/mol. The third kappa shape index (κ3) is 5.00. The van der Waals surface area contributed by atoms with Gasteiger partial charge in [-0.05, 0) is 36.4 Å². The van der Waals surface area contributed by atoms with Gasteiger partial charge in [-0.15, -0.1) is 0 Å². The molecule has 1 saturated heterocycles. The van der Waals surface area contributed by atoms with Crippen molar-refractivity contribution in [2.45, 2.75) is 6.54 Å². The Hall–Kier alpha value is -2.02. The van der Waals surface area contributed by atoms with E-state index in [-0.39, 0.29) is 24.1 Å². The van der Waals surface area contributed by atoms with Gasteiger partial charge in [-0.25, -0.2) is 8.78 Å². The van der Waals surface area contributed by atoms with E-state index < -0.39 is 0 Å². The number of hydrogen-bond donors (Lipinski definition) is 1. The van der Waals surface area contributed by atoms with Crippen LogP contribution in [0.2, 0.25) is 5.02 Å². The second-order valence-electron chi connectivity index (χ2n) is 6.31. The van der Waals surface area contributed by atoms with Gasteiger partial charge in [0.2, 0.25) is 5.91 Å². The molecular weight excluding hydrogens is 360 g/mol. The minimum absolute atomic E-state index is 0.137. The van der Waals surface area contributed by atoms with E-state index in [1.165, 1.54) is 30.3 Å². The summed E-state index contributed by atoms with van der Waals surface area (Å²) in [5.74, 6) is -0.769. The largest absolute Gasteiger partial charge is 0.325 e. The number of piperazine rings is 1. The predicted octanol–water partition coefficient (Wildman–Crippen LogP) is 3.37. The summed E-state index contributed by atoms with van der Waals surface area (Å²) in [6.45, 7) is 3.61. The van der Waals surface area contributed by atoms with E-state index in [0.717, 1.165) is 13.1 Å². The van der Waals surface area contributed by atoms with E-state index in [4.69, 9.17) is 11.6 Å². The summed E-state index contributed by atoms with van der Waals surface area (Å²) in [4.78, 5) is 16.3. The first-order valence-corrected chi connectivity index (χ1v) is 8.82. The molecule has 138 valence electrons. The zero-order chi connectivity index (χ0) is 18.5. The molecule has 1 N–H and O–H groups in total. The van der Waals surface area contributed by atoms with E-state index >= 15 is 0 Å². The van der Waals surface area contributed by atoms with Gasteiger partial charge in [-0.1, -0.05) is 17.7 Å². The third-order valence-electron chi connectivity index (χ3n) is 4.40. The second kappa shape index (κ2) is 8.58. The number of anilines is 1. The lowest BCUT2D eigenvalue weighted by Gasteiger charge is -2.34. The van der Waals surface area contributed by atoms with Crippen molar-refractivity contribution < 1.29 is 13.6 Å². The van der Waals surface area contributed by atoms with Crippen LogP contribution in [0.4, 0.5) is 14.5 Å². The predicted molar refractivity (Wildman–Crippen MR) is 98.2 cm³/mol. The molecule has 0 atom stereocenters. The number of amides is 1. The van der Waals surface area contributed by atoms with E-state index in [1.54, 1.807) is 12.1 Å². The Balaban J connectivity index is 1.46. The number of nitrogens with one attached hydrogen (secondary N) is 1. The van der Waals surface area contributed by atoms with Crippen LogP contribution in [0.3, 0.4) is 0 Å². The minimum Gasteiger partial charge on any atom is -0.325 e. The van der Waals surface area contributed by atoms with Crippen molar-refractivity contribution in [3.63, 3.8) is 0 Å². The topological polar surface area (TPSA) is 35.6 Å². The van der Waals surface area contributed by atoms with Crippen molar-refractivity contribution >= 4 is 23.2 Å². The molecule has 0 aliphatic carbocycles. The molecule has 26 heavy (non-hydrogen) atoms. The van der Waals surface area contributed by atoms with Gasteiger partial charge in [-0.2, -0.15) is 0 Å². The molecule has 0 bridgehead atoms. The van der Waals surface area contributed by atoms with Gasteiger partial charge in [0.05, 0.1) is 6.54 Å². The molecule has 1 amide bonds. The van der Waals surface area contributed by atoms with Crippen molar-refractivity contribution in [2.24, 2.45) is 0 Å². The van der Waals surface area contributed by atoms with Gasteiger partial charge in [-0.3, -0.25) is 14.6 Å². The summed E-state index contributed by atoms with van der Waals surface area (Å²) in [6, 6.07) is 10.4. The molecule has 7 heteroatoms. The van der Waals surface area contributed by atoms with Crippen LogP contribution in [0, 0.1) is 11.6 Å². The highest BCUT2D eigenvalue weighted by Gasteiger charge is 2.20. The molecule has 0 saturated carbocycles. The fraction of sp³-hybridized carbons (Fsp3) is 0.316. The summed E-state index contributed by atoms with van der Waals surface area (Å²) in [5, 5.41) is 3.19. The van der Waals surface area contributed by atoms with Crippen LogP contribution >= 0.6 is 11.6 Å². The number of carbonyl (C=O) groups is 1. The van der Waals surface area contributed by atoms with Crippen LogP contribution in [0.15, 0.2) is 42.5 Å². The molecule has 3 rings (SSSR count). The Morgan fingerprint density at radius 1 is 1.00 bits per heavy atom. The first kappa shape index (κ1) is 18.8. The highest BCUT2D eigenvalue weighted by atomic mass is 35.5. The number of halogens is 3. The molecule has 0 aromatic heterocycles. The van der Waals surface area contributed by atoms with Crippen molar-refractivity contribution in [1.29, 1.82) is 0 Å². The van der Waals surface area contributed by atoms with E-state index in [2.05, 4.69) is 10.2 Å². The van der Waals surface area contributed by atoms with Crippen molar-refractivity contribution in [3.8, 4) is 0 Å². The zero-order valence-electron chi connectivity index (χ0n) is 14.2. The first-order chi connectivity index (χ1) is 12.5. The minimum atomic E-state index is -0.339. The number of nitrogens with zero attached hydrogens (tertiary/aromatic N) is 2. The average Bonchev–Trinajstić information content (AvgIpc) is 2.62. The maximum atomic E-state index is 13.9. The Kier molecular flexibility index (Phi) is 6.19. The Morgan fingerprint density at radius 3 is 2.31 bits per heavy atom. The maximum absolute atomic E-state index is 13.9. The third-order valence-corrected chi connectivity index (χ3v) is 4.76. The molecule has 1 aliphatic heterocycles. The van der Waals surface area contributed by atoms with Gasteiger partial charge < -0.3 is 5.32 Å².